The molecule has 1 heterocycles. The van der Waals surface area contributed by atoms with Crippen LogP contribution < -0.4 is 5.73 Å². The Morgan fingerprint density at radius 2 is 2.27 bits per heavy atom. The molecule has 1 aromatic heterocycles. The van der Waals surface area contributed by atoms with E-state index in [4.69, 9.17) is 10.8 Å². The number of aliphatic carboxylic acids is 1. The van der Waals surface area contributed by atoms with Crippen molar-refractivity contribution in [3.8, 4) is 0 Å². The maximum Gasteiger partial charge on any atom is 0.303 e. The summed E-state index contributed by atoms with van der Waals surface area (Å²) >= 11 is 0. The number of hydrogen-bond acceptors (Lipinski definition) is 3. The molecule has 0 amide bonds. The van der Waals surface area contributed by atoms with Crippen LogP contribution >= 0.6 is 0 Å². The van der Waals surface area contributed by atoms with Crippen molar-refractivity contribution >= 4 is 5.97 Å². The Balaban J connectivity index is 2.73. The summed E-state index contributed by atoms with van der Waals surface area (Å²) in [6.45, 7) is 0. The Morgan fingerprint density at radius 3 is 2.80 bits per heavy atom. The molecule has 0 unspecified atom stereocenters. The molecule has 0 spiro atoms. The summed E-state index contributed by atoms with van der Waals surface area (Å²) in [5.41, 5.74) is 5.39. The van der Waals surface area contributed by atoms with Gasteiger partial charge in [0.1, 0.15) is 11.6 Å². The highest BCUT2D eigenvalue weighted by molar-refractivity contribution is 5.66. The molecule has 1 atom stereocenters. The lowest BCUT2D eigenvalue weighted by atomic mass is 10.1. The number of carbonyl (C=O) groups is 1. The number of carboxylic acids is 1. The molecule has 3 N–H and O–H groups in total. The zero-order chi connectivity index (χ0) is 11.4. The number of nitrogens with two attached hydrogens (primary N) is 1. The minimum Gasteiger partial charge on any atom is -0.481 e. The van der Waals surface area contributed by atoms with E-state index in [1.54, 1.807) is 0 Å². The lowest BCUT2D eigenvalue weighted by molar-refractivity contribution is -0.137. The first-order chi connectivity index (χ1) is 7.00. The molecule has 0 aliphatic rings. The van der Waals surface area contributed by atoms with Crippen LogP contribution in [0.5, 0.6) is 0 Å². The first-order valence-electron chi connectivity index (χ1n) is 4.29. The quantitative estimate of drug-likeness (QED) is 0.793. The smallest absolute Gasteiger partial charge is 0.303 e. The van der Waals surface area contributed by atoms with Crippen LogP contribution in [0.1, 0.15) is 24.6 Å². The van der Waals surface area contributed by atoms with E-state index < -0.39 is 23.6 Å². The Hall–Kier alpha value is -1.56. The van der Waals surface area contributed by atoms with Gasteiger partial charge in [0.05, 0.1) is 17.9 Å². The third-order valence-corrected chi connectivity index (χ3v) is 1.86. The van der Waals surface area contributed by atoms with Gasteiger partial charge in [-0.2, -0.15) is 0 Å². The van der Waals surface area contributed by atoms with E-state index in [1.165, 1.54) is 0 Å². The Labute approximate surface area is 84.7 Å². The van der Waals surface area contributed by atoms with Gasteiger partial charge >= 0.3 is 5.97 Å². The predicted molar refractivity (Wildman–Crippen MR) is 48.0 cm³/mol. The maximum absolute atomic E-state index is 13.1. The summed E-state index contributed by atoms with van der Waals surface area (Å²) in [5, 5.41) is 8.39. The summed E-state index contributed by atoms with van der Waals surface area (Å²) in [4.78, 5) is 13.7. The van der Waals surface area contributed by atoms with Crippen molar-refractivity contribution in [2.24, 2.45) is 5.73 Å². The fourth-order valence-electron chi connectivity index (χ4n) is 1.11. The second-order valence-corrected chi connectivity index (χ2v) is 3.06. The number of aromatic nitrogens is 1. The topological polar surface area (TPSA) is 76.2 Å². The van der Waals surface area contributed by atoms with Crippen molar-refractivity contribution in [2.45, 2.75) is 18.9 Å². The summed E-state index contributed by atoms with van der Waals surface area (Å²) in [6.07, 6.45) is 0.726. The molecule has 0 aliphatic carbocycles. The highest BCUT2D eigenvalue weighted by Crippen LogP contribution is 2.17. The molecular formula is C9H10F2N2O2. The maximum atomic E-state index is 13.1. The minimum atomic E-state index is -1.02. The summed E-state index contributed by atoms with van der Waals surface area (Å²) in [6, 6.07) is -0.162. The molecule has 6 heteroatoms. The molecule has 0 radical (unpaired) electrons. The molecule has 0 aliphatic heterocycles. The third kappa shape index (κ3) is 3.25. The van der Waals surface area contributed by atoms with Gasteiger partial charge in [-0.1, -0.05) is 0 Å². The molecule has 0 bridgehead atoms. The molecule has 0 saturated heterocycles. The largest absolute Gasteiger partial charge is 0.481 e. The molecule has 15 heavy (non-hydrogen) atoms. The number of nitrogens with zero attached hydrogens (tertiary/aromatic N) is 1. The number of hydrogen-bond donors (Lipinski definition) is 2. The van der Waals surface area contributed by atoms with E-state index >= 15 is 0 Å². The molecular weight excluding hydrogens is 206 g/mol. The van der Waals surface area contributed by atoms with Gasteiger partial charge in [0.2, 0.25) is 0 Å². The van der Waals surface area contributed by atoms with Crippen molar-refractivity contribution in [3.63, 3.8) is 0 Å². The number of rotatable bonds is 4. The number of pyridine rings is 1. The Bertz CT molecular complexity index is 371. The van der Waals surface area contributed by atoms with Crippen LogP contribution in [0.2, 0.25) is 0 Å². The monoisotopic (exact) mass is 216 g/mol. The van der Waals surface area contributed by atoms with Gasteiger partial charge in [0.25, 0.3) is 0 Å². The lowest BCUT2D eigenvalue weighted by Gasteiger charge is -2.10. The van der Waals surface area contributed by atoms with Crippen molar-refractivity contribution in [1.29, 1.82) is 0 Å². The van der Waals surface area contributed by atoms with E-state index in [2.05, 4.69) is 4.98 Å². The fourth-order valence-corrected chi connectivity index (χ4v) is 1.11. The number of carboxylic acid groups (broad SMARTS) is 1. The van der Waals surface area contributed by atoms with E-state index in [0.29, 0.717) is 6.07 Å². The molecule has 4 nitrogen and oxygen atoms in total. The van der Waals surface area contributed by atoms with E-state index in [9.17, 15) is 13.6 Å². The van der Waals surface area contributed by atoms with Crippen molar-refractivity contribution < 1.29 is 18.7 Å². The van der Waals surface area contributed by atoms with Crippen LogP contribution in [0.3, 0.4) is 0 Å². The van der Waals surface area contributed by atoms with Gasteiger partial charge < -0.3 is 10.8 Å². The standard InChI is InChI=1S/C9H10F2N2O2/c10-5-3-6(11)9(13-4-5)7(12)1-2-8(14)15/h3-4,7H,1-2,12H2,(H,14,15)/t7-/m1/s1. The second kappa shape index (κ2) is 4.79. The SMILES string of the molecule is N[C@H](CCC(=O)O)c1ncc(F)cc1F. The zero-order valence-electron chi connectivity index (χ0n) is 7.78. The normalized spacial score (nSPS) is 12.5. The van der Waals surface area contributed by atoms with Crippen molar-refractivity contribution in [1.82, 2.24) is 4.98 Å². The zero-order valence-corrected chi connectivity index (χ0v) is 7.78. The van der Waals surface area contributed by atoms with Crippen LogP contribution in [0.15, 0.2) is 12.3 Å². The first-order valence-corrected chi connectivity index (χ1v) is 4.29. The summed E-state index contributed by atoms with van der Waals surface area (Å²) < 4.78 is 25.6. The lowest BCUT2D eigenvalue weighted by Crippen LogP contribution is -2.15. The van der Waals surface area contributed by atoms with Gasteiger partial charge in [-0.3, -0.25) is 9.78 Å². The van der Waals surface area contributed by atoms with Crippen molar-refractivity contribution in [3.05, 3.63) is 29.6 Å². The average Bonchev–Trinajstić information content (AvgIpc) is 2.14. The van der Waals surface area contributed by atoms with E-state index in [0.717, 1.165) is 6.20 Å². The van der Waals surface area contributed by atoms with Crippen LogP contribution in [0, 0.1) is 11.6 Å². The Kier molecular flexibility index (Phi) is 3.68. The summed E-state index contributed by atoms with van der Waals surface area (Å²) in [7, 11) is 0. The highest BCUT2D eigenvalue weighted by atomic mass is 19.1. The van der Waals surface area contributed by atoms with Crippen LogP contribution in [-0.4, -0.2) is 16.1 Å². The average molecular weight is 216 g/mol. The molecule has 0 aromatic carbocycles. The van der Waals surface area contributed by atoms with Gasteiger partial charge in [0.15, 0.2) is 0 Å². The van der Waals surface area contributed by atoms with Gasteiger partial charge in [-0.05, 0) is 6.42 Å². The minimum absolute atomic E-state index is 0.0604. The van der Waals surface area contributed by atoms with E-state index in [1.807, 2.05) is 0 Å². The van der Waals surface area contributed by atoms with Crippen LogP contribution in [0.4, 0.5) is 8.78 Å². The van der Waals surface area contributed by atoms with Gasteiger partial charge in [0, 0.05) is 12.5 Å². The van der Waals surface area contributed by atoms with Crippen LogP contribution in [0.25, 0.3) is 0 Å². The first kappa shape index (κ1) is 11.5. The predicted octanol–water partition coefficient (Wildman–Crippen LogP) is 1.22. The molecule has 1 aromatic rings. The summed E-state index contributed by atoms with van der Waals surface area (Å²) in [5.74, 6) is -2.66. The van der Waals surface area contributed by atoms with Crippen LogP contribution in [-0.2, 0) is 4.79 Å². The van der Waals surface area contributed by atoms with Gasteiger partial charge in [-0.25, -0.2) is 8.78 Å². The third-order valence-electron chi connectivity index (χ3n) is 1.86. The second-order valence-electron chi connectivity index (χ2n) is 3.06. The molecule has 0 saturated carbocycles. The fraction of sp³-hybridized carbons (Fsp3) is 0.333. The van der Waals surface area contributed by atoms with Gasteiger partial charge in [-0.15, -0.1) is 0 Å². The Morgan fingerprint density at radius 1 is 1.60 bits per heavy atom. The molecule has 0 fully saturated rings. The highest BCUT2D eigenvalue weighted by Gasteiger charge is 2.14. The van der Waals surface area contributed by atoms with E-state index in [-0.39, 0.29) is 18.5 Å². The number of halogens is 2. The van der Waals surface area contributed by atoms with Crippen molar-refractivity contribution in [2.75, 3.05) is 0 Å². The molecule has 1 rings (SSSR count). The molecule has 82 valence electrons.